The third kappa shape index (κ3) is 4.76. The van der Waals surface area contributed by atoms with E-state index in [1.807, 2.05) is 0 Å². The summed E-state index contributed by atoms with van der Waals surface area (Å²) in [6.07, 6.45) is 1.29. The van der Waals surface area contributed by atoms with E-state index in [0.717, 1.165) is 6.42 Å². The molecule has 1 aliphatic rings. The molecule has 1 fully saturated rings. The number of carbonyl (C=O) groups excluding carboxylic acids is 1. The zero-order valence-corrected chi connectivity index (χ0v) is 19.5. The first-order valence-electron chi connectivity index (χ1n) is 10.1. The molecule has 1 N–H and O–H groups in total. The number of rotatable bonds is 8. The molecule has 0 radical (unpaired) electrons. The Morgan fingerprint density at radius 2 is 1.58 bits per heavy atom. The third-order valence-corrected chi connectivity index (χ3v) is 8.74. The Morgan fingerprint density at radius 1 is 0.968 bits per heavy atom. The van der Waals surface area contributed by atoms with Crippen molar-refractivity contribution in [2.24, 2.45) is 0 Å². The minimum atomic E-state index is -3.88. The zero-order valence-electron chi connectivity index (χ0n) is 17.8. The molecule has 0 bridgehead atoms. The van der Waals surface area contributed by atoms with Gasteiger partial charge in [0.25, 0.3) is 10.0 Å². The van der Waals surface area contributed by atoms with Crippen molar-refractivity contribution < 1.29 is 21.6 Å². The highest BCUT2D eigenvalue weighted by Crippen LogP contribution is 2.28. The molecule has 0 saturated carbocycles. The maximum absolute atomic E-state index is 12.8. The van der Waals surface area contributed by atoms with Gasteiger partial charge in [-0.15, -0.1) is 0 Å². The molecular formula is C21H27N3O5S2. The number of amides is 1. The van der Waals surface area contributed by atoms with Gasteiger partial charge in [-0.2, -0.15) is 4.31 Å². The third-order valence-electron chi connectivity index (χ3n) is 5.29. The van der Waals surface area contributed by atoms with Crippen molar-refractivity contribution in [1.82, 2.24) is 4.31 Å². The molecule has 0 spiro atoms. The van der Waals surface area contributed by atoms with Crippen LogP contribution in [0.15, 0.2) is 52.3 Å². The van der Waals surface area contributed by atoms with Gasteiger partial charge in [-0.25, -0.2) is 16.8 Å². The number of nitrogens with one attached hydrogen (secondary N) is 1. The molecule has 1 amide bonds. The Bertz CT molecular complexity index is 1170. The molecule has 0 atom stereocenters. The summed E-state index contributed by atoms with van der Waals surface area (Å²) in [5.74, 6) is 0.0385. The van der Waals surface area contributed by atoms with Gasteiger partial charge in [0.2, 0.25) is 15.9 Å². The quantitative estimate of drug-likeness (QED) is 0.646. The summed E-state index contributed by atoms with van der Waals surface area (Å²) in [6.45, 7) is 6.63. The minimum absolute atomic E-state index is 0.0385. The van der Waals surface area contributed by atoms with Crippen LogP contribution in [0, 0.1) is 6.92 Å². The summed E-state index contributed by atoms with van der Waals surface area (Å²) >= 11 is 0. The molecule has 1 aliphatic heterocycles. The fraction of sp³-hybridized carbons (Fsp3) is 0.381. The highest BCUT2D eigenvalue weighted by molar-refractivity contribution is 7.92. The van der Waals surface area contributed by atoms with Crippen LogP contribution in [0.4, 0.5) is 11.4 Å². The minimum Gasteiger partial charge on any atom is -0.312 e. The van der Waals surface area contributed by atoms with E-state index in [0.29, 0.717) is 37.3 Å². The molecule has 0 aliphatic carbocycles. The normalized spacial score (nSPS) is 15.0. The van der Waals surface area contributed by atoms with E-state index >= 15 is 0 Å². The van der Waals surface area contributed by atoms with Crippen molar-refractivity contribution in [3.63, 3.8) is 0 Å². The van der Waals surface area contributed by atoms with E-state index in [9.17, 15) is 21.6 Å². The summed E-state index contributed by atoms with van der Waals surface area (Å²) in [5.41, 5.74) is 1.67. The van der Waals surface area contributed by atoms with Gasteiger partial charge < -0.3 is 4.90 Å². The monoisotopic (exact) mass is 465 g/mol. The lowest BCUT2D eigenvalue weighted by Crippen LogP contribution is -2.30. The van der Waals surface area contributed by atoms with Crippen LogP contribution in [-0.2, 0) is 24.8 Å². The number of sulfonamides is 2. The van der Waals surface area contributed by atoms with Gasteiger partial charge >= 0.3 is 0 Å². The molecule has 0 unspecified atom stereocenters. The SMILES string of the molecule is CCN(CC)S(=O)(=O)c1ccc(NS(=O)(=O)c2ccc(N3CCCC3=O)c(C)c2)cc1. The first-order valence-corrected chi connectivity index (χ1v) is 13.1. The molecule has 1 heterocycles. The maximum atomic E-state index is 12.8. The number of benzene rings is 2. The van der Waals surface area contributed by atoms with E-state index in [2.05, 4.69) is 4.72 Å². The fourth-order valence-electron chi connectivity index (χ4n) is 3.62. The van der Waals surface area contributed by atoms with E-state index < -0.39 is 20.0 Å². The smallest absolute Gasteiger partial charge is 0.261 e. The first kappa shape index (κ1) is 23.2. The van der Waals surface area contributed by atoms with Crippen LogP contribution in [0.2, 0.25) is 0 Å². The summed E-state index contributed by atoms with van der Waals surface area (Å²) in [6, 6.07) is 10.3. The Kier molecular flexibility index (Phi) is 6.73. The second kappa shape index (κ2) is 8.97. The average Bonchev–Trinajstić information content (AvgIpc) is 3.14. The van der Waals surface area contributed by atoms with Crippen LogP contribution in [0.25, 0.3) is 0 Å². The van der Waals surface area contributed by atoms with Crippen LogP contribution in [0.3, 0.4) is 0 Å². The van der Waals surface area contributed by atoms with Gasteiger partial charge in [-0.05, 0) is 61.4 Å². The van der Waals surface area contributed by atoms with Gasteiger partial charge in [-0.1, -0.05) is 13.8 Å². The van der Waals surface area contributed by atoms with Crippen LogP contribution in [-0.4, -0.2) is 46.7 Å². The van der Waals surface area contributed by atoms with Crippen molar-refractivity contribution in [3.05, 3.63) is 48.0 Å². The Morgan fingerprint density at radius 3 is 2.10 bits per heavy atom. The van der Waals surface area contributed by atoms with Crippen LogP contribution in [0.1, 0.15) is 32.3 Å². The van der Waals surface area contributed by atoms with Crippen molar-refractivity contribution >= 4 is 37.3 Å². The second-order valence-electron chi connectivity index (χ2n) is 7.32. The van der Waals surface area contributed by atoms with E-state index in [1.54, 1.807) is 31.7 Å². The Balaban J connectivity index is 1.81. The maximum Gasteiger partial charge on any atom is 0.261 e. The summed E-state index contributed by atoms with van der Waals surface area (Å²) in [7, 11) is -7.49. The molecule has 31 heavy (non-hydrogen) atoms. The molecular weight excluding hydrogens is 438 g/mol. The number of hydrogen-bond acceptors (Lipinski definition) is 5. The predicted molar refractivity (Wildman–Crippen MR) is 120 cm³/mol. The topological polar surface area (TPSA) is 104 Å². The van der Waals surface area contributed by atoms with Crippen LogP contribution < -0.4 is 9.62 Å². The zero-order chi connectivity index (χ0) is 22.8. The molecule has 168 valence electrons. The number of nitrogens with zero attached hydrogens (tertiary/aromatic N) is 2. The predicted octanol–water partition coefficient (Wildman–Crippen LogP) is 2.95. The van der Waals surface area contributed by atoms with Gasteiger partial charge in [-0.3, -0.25) is 9.52 Å². The van der Waals surface area contributed by atoms with E-state index in [-0.39, 0.29) is 21.4 Å². The molecule has 10 heteroatoms. The summed E-state index contributed by atoms with van der Waals surface area (Å²) in [4.78, 5) is 13.8. The Hall–Kier alpha value is -2.43. The van der Waals surface area contributed by atoms with Crippen molar-refractivity contribution in [1.29, 1.82) is 0 Å². The number of anilines is 2. The Labute approximate surface area is 184 Å². The largest absolute Gasteiger partial charge is 0.312 e. The van der Waals surface area contributed by atoms with Crippen molar-refractivity contribution in [3.8, 4) is 0 Å². The van der Waals surface area contributed by atoms with Crippen LogP contribution >= 0.6 is 0 Å². The molecule has 1 saturated heterocycles. The van der Waals surface area contributed by atoms with E-state index in [4.69, 9.17) is 0 Å². The van der Waals surface area contributed by atoms with Crippen molar-refractivity contribution in [2.45, 2.75) is 43.4 Å². The van der Waals surface area contributed by atoms with Gasteiger partial charge in [0.1, 0.15) is 0 Å². The lowest BCUT2D eigenvalue weighted by atomic mass is 10.2. The lowest BCUT2D eigenvalue weighted by molar-refractivity contribution is -0.117. The molecule has 0 aromatic heterocycles. The first-order chi connectivity index (χ1) is 14.6. The second-order valence-corrected chi connectivity index (χ2v) is 10.9. The highest BCUT2D eigenvalue weighted by Gasteiger charge is 2.25. The van der Waals surface area contributed by atoms with Gasteiger partial charge in [0.15, 0.2) is 0 Å². The highest BCUT2D eigenvalue weighted by atomic mass is 32.2. The molecule has 8 nitrogen and oxygen atoms in total. The molecule has 2 aromatic rings. The number of hydrogen-bond donors (Lipinski definition) is 1. The van der Waals surface area contributed by atoms with Gasteiger partial charge in [0, 0.05) is 37.4 Å². The summed E-state index contributed by atoms with van der Waals surface area (Å²) in [5, 5.41) is 0. The summed E-state index contributed by atoms with van der Waals surface area (Å²) < 4.78 is 54.6. The van der Waals surface area contributed by atoms with E-state index in [1.165, 1.54) is 40.7 Å². The number of carbonyl (C=O) groups is 1. The van der Waals surface area contributed by atoms with Gasteiger partial charge in [0.05, 0.1) is 9.79 Å². The lowest BCUT2D eigenvalue weighted by Gasteiger charge is -2.19. The molecule has 3 rings (SSSR count). The standard InChI is InChI=1S/C21H27N3O5S2/c1-4-23(5-2)31(28,29)18-10-8-17(9-11-18)22-30(26,27)19-12-13-20(16(3)15-19)24-14-6-7-21(24)25/h8-13,15,22H,4-7,14H2,1-3H3. The fourth-order valence-corrected chi connectivity index (χ4v) is 6.22. The van der Waals surface area contributed by atoms with Crippen LogP contribution in [0.5, 0.6) is 0 Å². The molecule has 2 aromatic carbocycles. The average molecular weight is 466 g/mol. The van der Waals surface area contributed by atoms with Crippen molar-refractivity contribution in [2.75, 3.05) is 29.3 Å². The number of aryl methyl sites for hydroxylation is 1.